The second kappa shape index (κ2) is 5.81. The van der Waals surface area contributed by atoms with E-state index in [0.29, 0.717) is 19.1 Å². The summed E-state index contributed by atoms with van der Waals surface area (Å²) in [4.78, 5) is 24.3. The summed E-state index contributed by atoms with van der Waals surface area (Å²) < 4.78 is 4.69. The van der Waals surface area contributed by atoms with E-state index in [4.69, 9.17) is 4.74 Å². The fourth-order valence-electron chi connectivity index (χ4n) is 2.81. The lowest BCUT2D eigenvalue weighted by Gasteiger charge is -2.38. The summed E-state index contributed by atoms with van der Waals surface area (Å²) >= 11 is 1.72. The molecule has 7 heteroatoms. The van der Waals surface area contributed by atoms with E-state index >= 15 is 0 Å². The van der Waals surface area contributed by atoms with E-state index in [1.54, 1.807) is 16.2 Å². The molecule has 0 atom stereocenters. The number of aromatic nitrogens is 2. The third-order valence-electron chi connectivity index (χ3n) is 4.05. The van der Waals surface area contributed by atoms with Crippen LogP contribution in [-0.2, 0) is 11.3 Å². The van der Waals surface area contributed by atoms with Crippen molar-refractivity contribution < 1.29 is 9.53 Å². The van der Waals surface area contributed by atoms with Gasteiger partial charge in [-0.2, -0.15) is 0 Å². The number of nitrogens with one attached hydrogen (secondary N) is 1. The Kier molecular flexibility index (Phi) is 4.01. The number of carbonyl (C=O) groups excluding carboxylic acids is 1. The summed E-state index contributed by atoms with van der Waals surface area (Å²) in [6.45, 7) is 8.29. The number of likely N-dealkylation sites (tertiary alicyclic amines) is 1. The number of amides is 1. The van der Waals surface area contributed by atoms with Gasteiger partial charge in [0.25, 0.3) is 0 Å². The first-order chi connectivity index (χ1) is 10.5. The topological polar surface area (TPSA) is 67.3 Å². The van der Waals surface area contributed by atoms with Crippen molar-refractivity contribution in [2.45, 2.75) is 33.4 Å². The molecule has 0 saturated carbocycles. The zero-order valence-corrected chi connectivity index (χ0v) is 14.1. The molecule has 0 radical (unpaired) electrons. The Hall–Kier alpha value is -1.73. The van der Waals surface area contributed by atoms with Crippen molar-refractivity contribution in [1.82, 2.24) is 20.2 Å². The zero-order valence-electron chi connectivity index (χ0n) is 13.3. The summed E-state index contributed by atoms with van der Waals surface area (Å²) in [5.41, 5.74) is 2.30. The Morgan fingerprint density at radius 1 is 1.36 bits per heavy atom. The van der Waals surface area contributed by atoms with Gasteiger partial charge < -0.3 is 15.0 Å². The minimum atomic E-state index is -0.252. The third-order valence-corrected chi connectivity index (χ3v) is 5.23. The zero-order chi connectivity index (χ0) is 15.9. The van der Waals surface area contributed by atoms with Crippen molar-refractivity contribution in [1.29, 1.82) is 0 Å². The monoisotopic (exact) mass is 320 g/mol. The predicted octanol–water partition coefficient (Wildman–Crippen LogP) is 2.16. The van der Waals surface area contributed by atoms with Crippen molar-refractivity contribution >= 4 is 27.6 Å². The van der Waals surface area contributed by atoms with Crippen LogP contribution in [0.15, 0.2) is 0 Å². The molecule has 118 valence electrons. The summed E-state index contributed by atoms with van der Waals surface area (Å²) in [6.07, 6.45) is -0.252. The van der Waals surface area contributed by atoms with E-state index in [1.165, 1.54) is 22.9 Å². The highest BCUT2D eigenvalue weighted by atomic mass is 32.1. The van der Waals surface area contributed by atoms with Crippen LogP contribution in [-0.4, -0.2) is 47.2 Å². The first kappa shape index (κ1) is 15.2. The highest BCUT2D eigenvalue weighted by Gasteiger charge is 2.31. The maximum atomic E-state index is 11.3. The number of thiophene rings is 1. The Morgan fingerprint density at radius 2 is 2.09 bits per heavy atom. The number of ether oxygens (including phenoxy) is 1. The van der Waals surface area contributed by atoms with Gasteiger partial charge in [0, 0.05) is 41.6 Å². The number of hydrogen-bond acceptors (Lipinski definition) is 6. The smallest absolute Gasteiger partial charge is 0.409 e. The molecule has 1 N–H and O–H groups in total. The molecule has 0 aromatic carbocycles. The average molecular weight is 320 g/mol. The van der Waals surface area contributed by atoms with E-state index in [1.807, 2.05) is 13.8 Å². The minimum Gasteiger partial charge on any atom is -0.453 e. The molecule has 1 amide bonds. The van der Waals surface area contributed by atoms with Crippen molar-refractivity contribution in [2.75, 3.05) is 20.2 Å². The summed E-state index contributed by atoms with van der Waals surface area (Å²) in [5.74, 6) is 0.818. The molecule has 3 heterocycles. The molecule has 2 aromatic rings. The minimum absolute atomic E-state index is 0.252. The van der Waals surface area contributed by atoms with Crippen LogP contribution < -0.4 is 5.32 Å². The Labute approximate surface area is 133 Å². The van der Waals surface area contributed by atoms with Gasteiger partial charge in [0.2, 0.25) is 0 Å². The van der Waals surface area contributed by atoms with Gasteiger partial charge >= 0.3 is 6.09 Å². The number of hydrogen-bond donors (Lipinski definition) is 1. The highest BCUT2D eigenvalue weighted by molar-refractivity contribution is 7.18. The molecule has 0 spiro atoms. The predicted molar refractivity (Wildman–Crippen MR) is 86.2 cm³/mol. The number of aryl methyl sites for hydroxylation is 3. The van der Waals surface area contributed by atoms with Crippen LogP contribution in [0.2, 0.25) is 0 Å². The standard InChI is InChI=1S/C15H20N4O2S/c1-8-12(5-16-11-6-19(7-11)15(20)21-4)22-14-13(8)9(2)17-10(3)18-14/h11,16H,5-7H2,1-4H3. The van der Waals surface area contributed by atoms with Crippen LogP contribution in [0.5, 0.6) is 0 Å². The summed E-state index contributed by atoms with van der Waals surface area (Å²) in [7, 11) is 1.41. The molecule has 0 aliphatic carbocycles. The molecule has 0 unspecified atom stereocenters. The number of methoxy groups -OCH3 is 1. The van der Waals surface area contributed by atoms with Crippen LogP contribution in [0.25, 0.3) is 10.2 Å². The molecule has 1 fully saturated rings. The lowest BCUT2D eigenvalue weighted by Crippen LogP contribution is -2.59. The largest absolute Gasteiger partial charge is 0.453 e. The number of fused-ring (bicyclic) bond motifs is 1. The van der Waals surface area contributed by atoms with E-state index in [0.717, 1.165) is 22.9 Å². The second-order valence-corrected chi connectivity index (χ2v) is 6.72. The number of nitrogens with zero attached hydrogens (tertiary/aromatic N) is 3. The molecule has 3 rings (SSSR count). The number of rotatable bonds is 3. The van der Waals surface area contributed by atoms with Gasteiger partial charge in [-0.25, -0.2) is 14.8 Å². The van der Waals surface area contributed by atoms with E-state index < -0.39 is 0 Å². The van der Waals surface area contributed by atoms with E-state index in [9.17, 15) is 4.79 Å². The molecule has 2 aromatic heterocycles. The Bertz CT molecular complexity index is 722. The SMILES string of the molecule is COC(=O)N1CC(NCc2sc3nc(C)nc(C)c3c2C)C1. The quantitative estimate of drug-likeness (QED) is 0.938. The molecule has 1 aliphatic rings. The normalized spacial score (nSPS) is 15.2. The Balaban J connectivity index is 1.67. The molecular formula is C15H20N4O2S. The molecule has 1 saturated heterocycles. The molecule has 6 nitrogen and oxygen atoms in total. The van der Waals surface area contributed by atoms with Crippen LogP contribution in [0.4, 0.5) is 4.79 Å². The second-order valence-electron chi connectivity index (χ2n) is 5.64. The first-order valence-electron chi connectivity index (χ1n) is 7.29. The van der Waals surface area contributed by atoms with Crippen molar-refractivity contribution in [3.63, 3.8) is 0 Å². The van der Waals surface area contributed by atoms with Crippen LogP contribution in [0.3, 0.4) is 0 Å². The van der Waals surface area contributed by atoms with E-state index in [2.05, 4.69) is 22.2 Å². The molecule has 0 bridgehead atoms. The Morgan fingerprint density at radius 3 is 2.77 bits per heavy atom. The lowest BCUT2D eigenvalue weighted by atomic mass is 10.1. The van der Waals surface area contributed by atoms with Gasteiger partial charge in [0.05, 0.1) is 7.11 Å². The van der Waals surface area contributed by atoms with Gasteiger partial charge in [-0.1, -0.05) is 0 Å². The van der Waals surface area contributed by atoms with Gasteiger partial charge in [-0.3, -0.25) is 0 Å². The first-order valence-corrected chi connectivity index (χ1v) is 8.10. The number of carbonyl (C=O) groups is 1. The van der Waals surface area contributed by atoms with Crippen LogP contribution >= 0.6 is 11.3 Å². The fourth-order valence-corrected chi connectivity index (χ4v) is 4.04. The molecule has 1 aliphatic heterocycles. The van der Waals surface area contributed by atoms with Gasteiger partial charge in [-0.05, 0) is 26.3 Å². The highest BCUT2D eigenvalue weighted by Crippen LogP contribution is 2.31. The average Bonchev–Trinajstić information content (AvgIpc) is 2.73. The summed E-state index contributed by atoms with van der Waals surface area (Å²) in [6, 6.07) is 0.331. The van der Waals surface area contributed by atoms with Crippen molar-refractivity contribution in [3.05, 3.63) is 22.0 Å². The molecule has 22 heavy (non-hydrogen) atoms. The fraction of sp³-hybridized carbons (Fsp3) is 0.533. The summed E-state index contributed by atoms with van der Waals surface area (Å²) in [5, 5.41) is 4.67. The van der Waals surface area contributed by atoms with Gasteiger partial charge in [-0.15, -0.1) is 11.3 Å². The maximum Gasteiger partial charge on any atom is 0.409 e. The molecular weight excluding hydrogens is 300 g/mol. The van der Waals surface area contributed by atoms with Crippen LogP contribution in [0.1, 0.15) is 22.0 Å². The van der Waals surface area contributed by atoms with Crippen molar-refractivity contribution in [2.24, 2.45) is 0 Å². The maximum absolute atomic E-state index is 11.3. The van der Waals surface area contributed by atoms with Crippen LogP contribution in [0, 0.1) is 20.8 Å². The van der Waals surface area contributed by atoms with Crippen molar-refractivity contribution in [3.8, 4) is 0 Å². The lowest BCUT2D eigenvalue weighted by molar-refractivity contribution is 0.0800. The van der Waals surface area contributed by atoms with E-state index in [-0.39, 0.29) is 6.09 Å². The third kappa shape index (κ3) is 2.66. The van der Waals surface area contributed by atoms with Gasteiger partial charge in [0.1, 0.15) is 10.7 Å². The van der Waals surface area contributed by atoms with Gasteiger partial charge in [0.15, 0.2) is 0 Å².